The van der Waals surface area contributed by atoms with E-state index in [9.17, 15) is 0 Å². The van der Waals surface area contributed by atoms with Gasteiger partial charge in [0.2, 0.25) is 0 Å². The maximum Gasteiger partial charge on any atom is 0.144 e. The van der Waals surface area contributed by atoms with Crippen LogP contribution in [0.25, 0.3) is 0 Å². The van der Waals surface area contributed by atoms with Crippen LogP contribution in [0.4, 0.5) is 5.82 Å². The lowest BCUT2D eigenvalue weighted by atomic mass is 10.1. The van der Waals surface area contributed by atoms with Gasteiger partial charge in [-0.2, -0.15) is 0 Å². The lowest BCUT2D eigenvalue weighted by Gasteiger charge is -2.17. The first-order valence-corrected chi connectivity index (χ1v) is 8.19. The van der Waals surface area contributed by atoms with E-state index in [1.54, 1.807) is 0 Å². The third-order valence-electron chi connectivity index (χ3n) is 4.21. The monoisotopic (exact) mass is 308 g/mol. The summed E-state index contributed by atoms with van der Waals surface area (Å²) in [5, 5.41) is 3.49. The van der Waals surface area contributed by atoms with Crippen LogP contribution in [0.2, 0.25) is 0 Å². The van der Waals surface area contributed by atoms with Gasteiger partial charge in [-0.3, -0.25) is 9.88 Å². The number of anilines is 1. The predicted octanol–water partition coefficient (Wildman–Crippen LogP) is 3.20. The minimum atomic E-state index is 0.444. The molecule has 4 heteroatoms. The number of hydrogen-bond acceptors (Lipinski definition) is 4. The number of nitrogens with one attached hydrogen (secondary N) is 1. The quantitative estimate of drug-likeness (QED) is 0.832. The number of hydrogen-bond donors (Lipinski definition) is 1. The topological polar surface area (TPSA) is 41.1 Å². The van der Waals surface area contributed by atoms with Gasteiger partial charge in [0.05, 0.1) is 18.1 Å². The van der Waals surface area contributed by atoms with Gasteiger partial charge in [-0.25, -0.2) is 4.98 Å². The van der Waals surface area contributed by atoms with Crippen LogP contribution < -0.4 is 5.32 Å². The molecule has 1 fully saturated rings. The van der Waals surface area contributed by atoms with Crippen molar-refractivity contribution in [3.8, 4) is 0 Å². The average Bonchev–Trinajstić information content (AvgIpc) is 2.99. The van der Waals surface area contributed by atoms with Gasteiger partial charge in [0, 0.05) is 32.1 Å². The van der Waals surface area contributed by atoms with Crippen LogP contribution in [-0.4, -0.2) is 34.0 Å². The van der Waals surface area contributed by atoms with E-state index in [4.69, 9.17) is 0 Å². The van der Waals surface area contributed by atoms with E-state index < -0.39 is 0 Å². The molecule has 1 atom stereocenters. The Morgan fingerprint density at radius 3 is 2.78 bits per heavy atom. The predicted molar refractivity (Wildman–Crippen MR) is 94.4 cm³/mol. The summed E-state index contributed by atoms with van der Waals surface area (Å²) >= 11 is 0. The number of nitrogens with zero attached hydrogens (tertiary/aromatic N) is 3. The van der Waals surface area contributed by atoms with Crippen LogP contribution in [0, 0.1) is 6.92 Å². The molecule has 0 spiro atoms. The minimum absolute atomic E-state index is 0.444. The average molecular weight is 308 g/mol. The summed E-state index contributed by atoms with van der Waals surface area (Å²) in [6.07, 6.45) is 7.39. The largest absolute Gasteiger partial charge is 0.365 e. The van der Waals surface area contributed by atoms with Gasteiger partial charge in [-0.1, -0.05) is 35.9 Å². The highest BCUT2D eigenvalue weighted by Crippen LogP contribution is 2.17. The Balaban J connectivity index is 1.51. The molecule has 0 amide bonds. The van der Waals surface area contributed by atoms with Crippen molar-refractivity contribution in [3.05, 3.63) is 66.1 Å². The van der Waals surface area contributed by atoms with Crippen LogP contribution in [0.1, 0.15) is 23.2 Å². The maximum atomic E-state index is 4.44. The zero-order valence-corrected chi connectivity index (χ0v) is 13.7. The number of benzene rings is 1. The molecule has 0 aliphatic carbocycles. The highest BCUT2D eigenvalue weighted by Gasteiger charge is 2.22. The Kier molecular flexibility index (Phi) is 5.03. The Labute approximate surface area is 138 Å². The molecule has 3 rings (SSSR count). The van der Waals surface area contributed by atoms with Gasteiger partial charge >= 0.3 is 0 Å². The maximum absolute atomic E-state index is 4.44. The lowest BCUT2D eigenvalue weighted by molar-refractivity contribution is 0.328. The van der Waals surface area contributed by atoms with Crippen molar-refractivity contribution in [1.29, 1.82) is 0 Å². The third-order valence-corrected chi connectivity index (χ3v) is 4.21. The molecule has 23 heavy (non-hydrogen) atoms. The van der Waals surface area contributed by atoms with Crippen molar-refractivity contribution in [2.24, 2.45) is 0 Å². The van der Waals surface area contributed by atoms with Crippen molar-refractivity contribution >= 4 is 5.82 Å². The smallest absolute Gasteiger partial charge is 0.144 e. The van der Waals surface area contributed by atoms with Gasteiger partial charge in [-0.15, -0.1) is 6.58 Å². The van der Waals surface area contributed by atoms with Gasteiger partial charge in [0.25, 0.3) is 0 Å². The van der Waals surface area contributed by atoms with Gasteiger partial charge in [0.1, 0.15) is 5.82 Å². The van der Waals surface area contributed by atoms with E-state index >= 15 is 0 Å². The van der Waals surface area contributed by atoms with Crippen LogP contribution in [0.5, 0.6) is 0 Å². The van der Waals surface area contributed by atoms with Crippen LogP contribution >= 0.6 is 0 Å². The highest BCUT2D eigenvalue weighted by atomic mass is 15.2. The van der Waals surface area contributed by atoms with Crippen molar-refractivity contribution in [2.45, 2.75) is 32.4 Å². The molecule has 1 aliphatic heterocycles. The fourth-order valence-corrected chi connectivity index (χ4v) is 2.94. The summed E-state index contributed by atoms with van der Waals surface area (Å²) < 4.78 is 0. The van der Waals surface area contributed by atoms with Crippen molar-refractivity contribution < 1.29 is 0 Å². The first-order chi connectivity index (χ1) is 11.2. The Morgan fingerprint density at radius 2 is 2.09 bits per heavy atom. The van der Waals surface area contributed by atoms with E-state index in [1.807, 2.05) is 18.5 Å². The van der Waals surface area contributed by atoms with Crippen molar-refractivity contribution in [3.63, 3.8) is 0 Å². The van der Waals surface area contributed by atoms with E-state index in [0.717, 1.165) is 44.0 Å². The fraction of sp³-hybridized carbons (Fsp3) is 0.368. The second-order valence-corrected chi connectivity index (χ2v) is 6.24. The standard InChI is InChI=1S/C19H24N4/c1-3-4-17-11-21-19(12-20-17)22-18-9-10-23(14-18)13-16-7-5-15(2)6-8-16/h3,5-8,11-12,18H,1,4,9-10,13-14H2,2H3,(H,21,22)/t18-/m1/s1. The molecular formula is C19H24N4. The zero-order valence-electron chi connectivity index (χ0n) is 13.7. The normalized spacial score (nSPS) is 18.0. The van der Waals surface area contributed by atoms with E-state index in [2.05, 4.69) is 58.0 Å². The molecule has 1 aliphatic rings. The summed E-state index contributed by atoms with van der Waals surface area (Å²) in [5.74, 6) is 0.861. The number of aryl methyl sites for hydroxylation is 1. The molecule has 120 valence electrons. The third kappa shape index (κ3) is 4.39. The number of aromatic nitrogens is 2. The van der Waals surface area contributed by atoms with E-state index in [-0.39, 0.29) is 0 Å². The molecule has 4 nitrogen and oxygen atoms in total. The molecule has 0 bridgehead atoms. The summed E-state index contributed by atoms with van der Waals surface area (Å²) in [6.45, 7) is 9.03. The van der Waals surface area contributed by atoms with E-state index in [1.165, 1.54) is 11.1 Å². The minimum Gasteiger partial charge on any atom is -0.365 e. The molecule has 2 aromatic rings. The Hall–Kier alpha value is -2.20. The lowest BCUT2D eigenvalue weighted by Crippen LogP contribution is -2.26. The molecule has 0 radical (unpaired) electrons. The zero-order chi connectivity index (χ0) is 16.1. The molecule has 0 unspecified atom stereocenters. The summed E-state index contributed by atoms with van der Waals surface area (Å²) in [7, 11) is 0. The second kappa shape index (κ2) is 7.38. The second-order valence-electron chi connectivity index (χ2n) is 6.24. The van der Waals surface area contributed by atoms with Gasteiger partial charge in [0.15, 0.2) is 0 Å². The first-order valence-electron chi connectivity index (χ1n) is 8.19. The van der Waals surface area contributed by atoms with E-state index in [0.29, 0.717) is 6.04 Å². The molecule has 1 saturated heterocycles. The number of likely N-dealkylation sites (tertiary alicyclic amines) is 1. The molecule has 1 aromatic carbocycles. The van der Waals surface area contributed by atoms with Gasteiger partial charge < -0.3 is 5.32 Å². The van der Waals surface area contributed by atoms with Crippen LogP contribution in [0.3, 0.4) is 0 Å². The van der Waals surface area contributed by atoms with Crippen LogP contribution in [0.15, 0.2) is 49.3 Å². The number of rotatable bonds is 6. The fourth-order valence-electron chi connectivity index (χ4n) is 2.94. The molecular weight excluding hydrogens is 284 g/mol. The van der Waals surface area contributed by atoms with Crippen molar-refractivity contribution in [1.82, 2.24) is 14.9 Å². The SMILES string of the molecule is C=CCc1cnc(N[C@@H]2CCN(Cc3ccc(C)cc3)C2)cn1. The summed E-state index contributed by atoms with van der Waals surface area (Å²) in [4.78, 5) is 11.3. The first kappa shape index (κ1) is 15.7. The van der Waals surface area contributed by atoms with Crippen molar-refractivity contribution in [2.75, 3.05) is 18.4 Å². The summed E-state index contributed by atoms with van der Waals surface area (Å²) in [5.41, 5.74) is 3.65. The highest BCUT2D eigenvalue weighted by molar-refractivity contribution is 5.33. The molecule has 1 aromatic heterocycles. The Morgan fingerprint density at radius 1 is 1.26 bits per heavy atom. The molecule has 2 heterocycles. The summed E-state index contributed by atoms with van der Waals surface area (Å²) in [6, 6.07) is 9.25. The Bertz CT molecular complexity index is 633. The molecule has 1 N–H and O–H groups in total. The molecule has 0 saturated carbocycles. The number of allylic oxidation sites excluding steroid dienone is 1. The van der Waals surface area contributed by atoms with Crippen LogP contribution in [-0.2, 0) is 13.0 Å². The van der Waals surface area contributed by atoms with Gasteiger partial charge in [-0.05, 0) is 18.9 Å².